The van der Waals surface area contributed by atoms with Gasteiger partial charge in [-0.25, -0.2) is 0 Å². The van der Waals surface area contributed by atoms with Crippen LogP contribution in [0.4, 0.5) is 0 Å². The van der Waals surface area contributed by atoms with E-state index in [1.54, 1.807) is 0 Å². The lowest BCUT2D eigenvalue weighted by Crippen LogP contribution is -2.01. The molecule has 13 heavy (non-hydrogen) atoms. The van der Waals surface area contributed by atoms with E-state index >= 15 is 0 Å². The summed E-state index contributed by atoms with van der Waals surface area (Å²) in [5.41, 5.74) is 7.57. The van der Waals surface area contributed by atoms with E-state index in [4.69, 9.17) is 5.73 Å². The number of aryl methyl sites for hydroxylation is 1. The molecule has 72 valence electrons. The maximum Gasteiger partial charge on any atom is 0.0553 e. The van der Waals surface area contributed by atoms with Crippen molar-refractivity contribution >= 4 is 11.8 Å². The smallest absolute Gasteiger partial charge is 0.0553 e. The highest BCUT2D eigenvalue weighted by Crippen LogP contribution is 2.23. The predicted molar refractivity (Wildman–Crippen MR) is 57.9 cm³/mol. The van der Waals surface area contributed by atoms with Crippen LogP contribution in [-0.4, -0.2) is 10.2 Å². The van der Waals surface area contributed by atoms with Gasteiger partial charge in [0.15, 0.2) is 0 Å². The minimum absolute atomic E-state index is 0.521. The fourth-order valence-electron chi connectivity index (χ4n) is 1.15. The Morgan fingerprint density at radius 1 is 1.46 bits per heavy atom. The maximum absolute atomic E-state index is 5.55. The van der Waals surface area contributed by atoms with Crippen molar-refractivity contribution in [1.29, 1.82) is 0 Å². The Kier molecular flexibility index (Phi) is 3.75. The topological polar surface area (TPSA) is 38.9 Å². The normalized spacial score (nSPS) is 10.8. The van der Waals surface area contributed by atoms with Gasteiger partial charge < -0.3 is 5.73 Å². The summed E-state index contributed by atoms with van der Waals surface area (Å²) in [5.74, 6) is 0. The summed E-state index contributed by atoms with van der Waals surface area (Å²) >= 11 is 1.85. The Bertz CT molecular complexity index is 284. The summed E-state index contributed by atoms with van der Waals surface area (Å²) < 4.78 is 0. The molecule has 0 saturated heterocycles. The highest BCUT2D eigenvalue weighted by molar-refractivity contribution is 7.99. The van der Waals surface area contributed by atoms with Gasteiger partial charge in [0, 0.05) is 22.4 Å². The molecule has 0 unspecified atom stereocenters. The lowest BCUT2D eigenvalue weighted by molar-refractivity contribution is 0.952. The Balaban J connectivity index is 2.88. The highest BCUT2D eigenvalue weighted by atomic mass is 32.2. The Morgan fingerprint density at radius 2 is 2.15 bits per heavy atom. The van der Waals surface area contributed by atoms with E-state index in [9.17, 15) is 0 Å². The molecule has 1 heterocycles. The molecule has 0 bridgehead atoms. The third-order valence-electron chi connectivity index (χ3n) is 1.56. The largest absolute Gasteiger partial charge is 0.325 e. The molecule has 1 aromatic heterocycles. The van der Waals surface area contributed by atoms with E-state index in [0.29, 0.717) is 11.8 Å². The molecule has 0 aliphatic carbocycles. The molecule has 0 spiro atoms. The van der Waals surface area contributed by atoms with Gasteiger partial charge in [-0.05, 0) is 19.1 Å². The van der Waals surface area contributed by atoms with Crippen molar-refractivity contribution in [3.8, 4) is 0 Å². The summed E-state index contributed by atoms with van der Waals surface area (Å²) in [5, 5.41) is 0.604. The van der Waals surface area contributed by atoms with E-state index in [1.165, 1.54) is 4.90 Å². The van der Waals surface area contributed by atoms with Gasteiger partial charge >= 0.3 is 0 Å². The molecule has 1 rings (SSSR count). The van der Waals surface area contributed by atoms with Crippen molar-refractivity contribution in [2.24, 2.45) is 5.73 Å². The summed E-state index contributed by atoms with van der Waals surface area (Å²) in [6, 6.07) is 4.17. The van der Waals surface area contributed by atoms with Crippen molar-refractivity contribution in [1.82, 2.24) is 4.98 Å². The quantitative estimate of drug-likeness (QED) is 0.754. The van der Waals surface area contributed by atoms with Crippen LogP contribution in [0.2, 0.25) is 0 Å². The number of rotatable bonds is 3. The molecule has 0 saturated carbocycles. The van der Waals surface area contributed by atoms with E-state index < -0.39 is 0 Å². The average molecular weight is 196 g/mol. The minimum Gasteiger partial charge on any atom is -0.325 e. The van der Waals surface area contributed by atoms with Gasteiger partial charge in [-0.15, -0.1) is 11.8 Å². The molecular weight excluding hydrogens is 180 g/mol. The van der Waals surface area contributed by atoms with Crippen LogP contribution < -0.4 is 5.73 Å². The second kappa shape index (κ2) is 4.63. The summed E-state index contributed by atoms with van der Waals surface area (Å²) in [6.07, 6.45) is 0. The zero-order valence-electron chi connectivity index (χ0n) is 8.37. The van der Waals surface area contributed by atoms with Gasteiger partial charge in [0.25, 0.3) is 0 Å². The van der Waals surface area contributed by atoms with Crippen LogP contribution in [0.3, 0.4) is 0 Å². The number of nitrogens with zero attached hydrogens (tertiary/aromatic N) is 1. The molecule has 1 aromatic rings. The van der Waals surface area contributed by atoms with Crippen LogP contribution in [0.25, 0.3) is 0 Å². The second-order valence-electron chi connectivity index (χ2n) is 3.31. The van der Waals surface area contributed by atoms with E-state index in [1.807, 2.05) is 18.7 Å². The first-order valence-electron chi connectivity index (χ1n) is 4.46. The first-order chi connectivity index (χ1) is 6.11. The van der Waals surface area contributed by atoms with E-state index in [2.05, 4.69) is 31.0 Å². The molecular formula is C10H16N2S. The van der Waals surface area contributed by atoms with Crippen LogP contribution in [0.1, 0.15) is 25.2 Å². The SMILES string of the molecule is Cc1cc(SC(C)C)cc(CN)n1. The lowest BCUT2D eigenvalue weighted by atomic mass is 10.3. The number of aromatic nitrogens is 1. The van der Waals surface area contributed by atoms with Gasteiger partial charge in [-0.1, -0.05) is 13.8 Å². The van der Waals surface area contributed by atoms with E-state index in [0.717, 1.165) is 11.4 Å². The number of thioether (sulfide) groups is 1. The zero-order valence-corrected chi connectivity index (χ0v) is 9.19. The fourth-order valence-corrected chi connectivity index (χ4v) is 2.13. The van der Waals surface area contributed by atoms with Gasteiger partial charge in [0.2, 0.25) is 0 Å². The van der Waals surface area contributed by atoms with E-state index in [-0.39, 0.29) is 0 Å². The van der Waals surface area contributed by atoms with Gasteiger partial charge in [-0.3, -0.25) is 4.98 Å². The number of hydrogen-bond donors (Lipinski definition) is 1. The standard InChI is InChI=1S/C10H16N2S/c1-7(2)13-10-4-8(3)12-9(5-10)6-11/h4-5,7H,6,11H2,1-3H3. The first-order valence-corrected chi connectivity index (χ1v) is 5.34. The first kappa shape index (κ1) is 10.5. The molecule has 0 aliphatic rings. The maximum atomic E-state index is 5.55. The summed E-state index contributed by atoms with van der Waals surface area (Å²) in [4.78, 5) is 5.59. The minimum atomic E-state index is 0.521. The Morgan fingerprint density at radius 3 is 2.69 bits per heavy atom. The molecule has 0 radical (unpaired) electrons. The van der Waals surface area contributed by atoms with Crippen LogP contribution in [0.5, 0.6) is 0 Å². The molecule has 0 fully saturated rings. The number of pyridine rings is 1. The van der Waals surface area contributed by atoms with Crippen molar-refractivity contribution in [2.75, 3.05) is 0 Å². The number of nitrogens with two attached hydrogens (primary N) is 1. The molecule has 0 atom stereocenters. The third-order valence-corrected chi connectivity index (χ3v) is 2.54. The van der Waals surface area contributed by atoms with Crippen LogP contribution in [0, 0.1) is 6.92 Å². The van der Waals surface area contributed by atoms with Crippen LogP contribution in [0.15, 0.2) is 17.0 Å². The van der Waals surface area contributed by atoms with Crippen LogP contribution in [-0.2, 0) is 6.54 Å². The fraction of sp³-hybridized carbons (Fsp3) is 0.500. The summed E-state index contributed by atoms with van der Waals surface area (Å²) in [6.45, 7) is 6.89. The molecule has 0 amide bonds. The van der Waals surface area contributed by atoms with Crippen molar-refractivity contribution < 1.29 is 0 Å². The average Bonchev–Trinajstić information content (AvgIpc) is 2.01. The van der Waals surface area contributed by atoms with Gasteiger partial charge in [0.1, 0.15) is 0 Å². The second-order valence-corrected chi connectivity index (χ2v) is 4.96. The van der Waals surface area contributed by atoms with Crippen LogP contribution >= 0.6 is 11.8 Å². The molecule has 3 heteroatoms. The summed E-state index contributed by atoms with van der Waals surface area (Å²) in [7, 11) is 0. The van der Waals surface area contributed by atoms with Gasteiger partial charge in [-0.2, -0.15) is 0 Å². The lowest BCUT2D eigenvalue weighted by Gasteiger charge is -2.07. The predicted octanol–water partition coefficient (Wildman–Crippen LogP) is 2.35. The van der Waals surface area contributed by atoms with Gasteiger partial charge in [0.05, 0.1) is 5.69 Å². The third kappa shape index (κ3) is 3.36. The van der Waals surface area contributed by atoms with Crippen molar-refractivity contribution in [3.05, 3.63) is 23.5 Å². The highest BCUT2D eigenvalue weighted by Gasteiger charge is 2.01. The molecule has 2 N–H and O–H groups in total. The van der Waals surface area contributed by atoms with Crippen molar-refractivity contribution in [2.45, 2.75) is 37.5 Å². The molecule has 2 nitrogen and oxygen atoms in total. The monoisotopic (exact) mass is 196 g/mol. The zero-order chi connectivity index (χ0) is 9.84. The Labute approximate surface area is 83.9 Å². The molecule has 0 aliphatic heterocycles. The van der Waals surface area contributed by atoms with Crippen molar-refractivity contribution in [3.63, 3.8) is 0 Å². The Hall–Kier alpha value is -0.540. The number of hydrogen-bond acceptors (Lipinski definition) is 3. The molecule has 0 aromatic carbocycles.